The number of nitrogens with zero attached hydrogens (tertiary/aromatic N) is 2. The van der Waals surface area contributed by atoms with E-state index >= 15 is 0 Å². The van der Waals surface area contributed by atoms with Gasteiger partial charge in [0.15, 0.2) is 0 Å². The molecule has 0 saturated carbocycles. The number of nitrogens with one attached hydrogen (secondary N) is 1. The quantitative estimate of drug-likeness (QED) is 0.396. The molecule has 37 heavy (non-hydrogen) atoms. The number of aryl methyl sites for hydroxylation is 1. The van der Waals surface area contributed by atoms with Crippen LogP contribution in [0.2, 0.25) is 10.0 Å². The minimum Gasteiger partial charge on any atom is -0.357 e. The Labute approximate surface area is 228 Å². The monoisotopic (exact) mass is 561 g/mol. The van der Waals surface area contributed by atoms with E-state index in [9.17, 15) is 18.0 Å². The van der Waals surface area contributed by atoms with Crippen molar-refractivity contribution in [2.75, 3.05) is 24.2 Å². The third-order valence-corrected chi connectivity index (χ3v) is 7.53. The Bertz CT molecular complexity index is 1350. The lowest BCUT2D eigenvalue weighted by molar-refractivity contribution is -0.139. The van der Waals surface area contributed by atoms with E-state index in [0.29, 0.717) is 0 Å². The number of carbonyl (C=O) groups excluding carboxylic acids is 2. The van der Waals surface area contributed by atoms with Gasteiger partial charge in [0.25, 0.3) is 0 Å². The largest absolute Gasteiger partial charge is 0.357 e. The van der Waals surface area contributed by atoms with Gasteiger partial charge in [0, 0.05) is 25.0 Å². The molecule has 2 amide bonds. The molecule has 1 N–H and O–H groups in total. The van der Waals surface area contributed by atoms with Gasteiger partial charge in [0.05, 0.1) is 17.0 Å². The van der Waals surface area contributed by atoms with Crippen molar-refractivity contribution in [2.24, 2.45) is 0 Å². The van der Waals surface area contributed by atoms with Gasteiger partial charge in [-0.2, -0.15) is 0 Å². The van der Waals surface area contributed by atoms with Crippen LogP contribution in [0.15, 0.2) is 72.8 Å². The summed E-state index contributed by atoms with van der Waals surface area (Å²) in [7, 11) is -2.43. The van der Waals surface area contributed by atoms with E-state index in [1.165, 1.54) is 30.1 Å². The van der Waals surface area contributed by atoms with E-state index in [0.717, 1.165) is 27.3 Å². The molecular weight excluding hydrogens is 533 g/mol. The zero-order chi connectivity index (χ0) is 27.2. The molecule has 3 rings (SSSR count). The average molecular weight is 563 g/mol. The van der Waals surface area contributed by atoms with Crippen LogP contribution in [0.4, 0.5) is 5.69 Å². The van der Waals surface area contributed by atoms with Gasteiger partial charge < -0.3 is 10.2 Å². The molecule has 0 aliphatic rings. The summed E-state index contributed by atoms with van der Waals surface area (Å²) in [6.07, 6.45) is 1.23. The van der Waals surface area contributed by atoms with Gasteiger partial charge in [-0.1, -0.05) is 83.4 Å². The Kier molecular flexibility index (Phi) is 9.59. The van der Waals surface area contributed by atoms with Crippen molar-refractivity contribution < 1.29 is 18.0 Å². The second-order valence-corrected chi connectivity index (χ2v) is 11.4. The van der Waals surface area contributed by atoms with E-state index in [2.05, 4.69) is 5.32 Å². The maximum absolute atomic E-state index is 13.9. The molecule has 0 aliphatic carbocycles. The zero-order valence-electron chi connectivity index (χ0n) is 20.8. The summed E-state index contributed by atoms with van der Waals surface area (Å²) >= 11 is 12.4. The molecule has 0 radical (unpaired) electrons. The van der Waals surface area contributed by atoms with Gasteiger partial charge in [-0.05, 0) is 36.2 Å². The van der Waals surface area contributed by atoms with Crippen LogP contribution in [0.5, 0.6) is 0 Å². The topological polar surface area (TPSA) is 86.8 Å². The van der Waals surface area contributed by atoms with Crippen molar-refractivity contribution in [3.05, 3.63) is 99.5 Å². The van der Waals surface area contributed by atoms with Gasteiger partial charge in [0.2, 0.25) is 21.8 Å². The van der Waals surface area contributed by atoms with Crippen molar-refractivity contribution in [2.45, 2.75) is 25.9 Å². The SMILES string of the molecule is CNC(=O)[C@@H](Cc1ccccc1)N(Cc1ccc(C)cc1)C(=O)CN(c1cc(Cl)ccc1Cl)S(C)(=O)=O. The van der Waals surface area contributed by atoms with Gasteiger partial charge in [-0.3, -0.25) is 13.9 Å². The molecule has 196 valence electrons. The van der Waals surface area contributed by atoms with Crippen LogP contribution in [0.25, 0.3) is 0 Å². The minimum absolute atomic E-state index is 0.0832. The number of anilines is 1. The van der Waals surface area contributed by atoms with Crippen LogP contribution in [-0.4, -0.2) is 51.0 Å². The van der Waals surface area contributed by atoms with Gasteiger partial charge in [-0.15, -0.1) is 0 Å². The first-order valence-electron chi connectivity index (χ1n) is 11.5. The fraction of sp³-hybridized carbons (Fsp3) is 0.259. The fourth-order valence-electron chi connectivity index (χ4n) is 3.88. The molecule has 10 heteroatoms. The predicted molar refractivity (Wildman–Crippen MR) is 148 cm³/mol. The molecule has 0 unspecified atom stereocenters. The number of hydrogen-bond donors (Lipinski definition) is 1. The van der Waals surface area contributed by atoms with Gasteiger partial charge >= 0.3 is 0 Å². The van der Waals surface area contributed by atoms with E-state index in [4.69, 9.17) is 23.2 Å². The average Bonchev–Trinajstić information content (AvgIpc) is 2.86. The number of amides is 2. The molecule has 7 nitrogen and oxygen atoms in total. The minimum atomic E-state index is -3.93. The highest BCUT2D eigenvalue weighted by Gasteiger charge is 2.33. The van der Waals surface area contributed by atoms with Crippen LogP contribution in [0.3, 0.4) is 0 Å². The first-order chi connectivity index (χ1) is 17.5. The van der Waals surface area contributed by atoms with Gasteiger partial charge in [-0.25, -0.2) is 8.42 Å². The number of hydrogen-bond acceptors (Lipinski definition) is 4. The van der Waals surface area contributed by atoms with E-state index in [-0.39, 0.29) is 34.6 Å². The van der Waals surface area contributed by atoms with Crippen molar-refractivity contribution in [3.63, 3.8) is 0 Å². The Morgan fingerprint density at radius 2 is 1.59 bits per heavy atom. The lowest BCUT2D eigenvalue weighted by atomic mass is 10.0. The molecule has 0 fully saturated rings. The van der Waals surface area contributed by atoms with Crippen molar-refractivity contribution in [1.29, 1.82) is 0 Å². The summed E-state index contributed by atoms with van der Waals surface area (Å²) in [5.74, 6) is -0.928. The highest BCUT2D eigenvalue weighted by Crippen LogP contribution is 2.31. The van der Waals surface area contributed by atoms with Crippen LogP contribution in [0.1, 0.15) is 16.7 Å². The van der Waals surface area contributed by atoms with E-state index in [1.807, 2.05) is 61.5 Å². The Hall–Kier alpha value is -3.07. The van der Waals surface area contributed by atoms with Crippen molar-refractivity contribution >= 4 is 50.7 Å². The number of sulfonamides is 1. The molecule has 1 atom stereocenters. The third-order valence-electron chi connectivity index (χ3n) is 5.85. The molecule has 0 bridgehead atoms. The van der Waals surface area contributed by atoms with E-state index < -0.39 is 28.5 Å². The number of halogens is 2. The summed E-state index contributed by atoms with van der Waals surface area (Å²) in [4.78, 5) is 28.3. The molecule has 0 saturated heterocycles. The Morgan fingerprint density at radius 3 is 2.19 bits per heavy atom. The van der Waals surface area contributed by atoms with E-state index in [1.54, 1.807) is 0 Å². The van der Waals surface area contributed by atoms with Crippen LogP contribution in [-0.2, 0) is 32.6 Å². The molecule has 0 aromatic heterocycles. The second-order valence-electron chi connectivity index (χ2n) is 8.69. The lowest BCUT2D eigenvalue weighted by Gasteiger charge is -2.33. The highest BCUT2D eigenvalue weighted by atomic mass is 35.5. The lowest BCUT2D eigenvalue weighted by Crippen LogP contribution is -2.52. The summed E-state index contributed by atoms with van der Waals surface area (Å²) in [5.41, 5.74) is 2.79. The summed E-state index contributed by atoms with van der Waals surface area (Å²) in [6.45, 7) is 1.49. The maximum atomic E-state index is 13.9. The second kappa shape index (κ2) is 12.4. The summed E-state index contributed by atoms with van der Waals surface area (Å²) in [5, 5.41) is 3.04. The van der Waals surface area contributed by atoms with Crippen LogP contribution < -0.4 is 9.62 Å². The summed E-state index contributed by atoms with van der Waals surface area (Å²) < 4.78 is 26.5. The summed E-state index contributed by atoms with van der Waals surface area (Å²) in [6, 6.07) is 20.4. The molecule has 3 aromatic rings. The molecule has 0 spiro atoms. The number of rotatable bonds is 10. The molecule has 0 heterocycles. The normalized spacial score (nSPS) is 12.0. The zero-order valence-corrected chi connectivity index (χ0v) is 23.1. The number of likely N-dealkylation sites (N-methyl/N-ethyl adjacent to an activating group) is 1. The van der Waals surface area contributed by atoms with Gasteiger partial charge in [0.1, 0.15) is 12.6 Å². The number of benzene rings is 3. The first kappa shape index (κ1) is 28.5. The molecule has 0 aliphatic heterocycles. The third kappa shape index (κ3) is 7.71. The van der Waals surface area contributed by atoms with Crippen LogP contribution in [0, 0.1) is 6.92 Å². The predicted octanol–water partition coefficient (Wildman–Crippen LogP) is 4.45. The smallest absolute Gasteiger partial charge is 0.244 e. The molecule has 3 aromatic carbocycles. The maximum Gasteiger partial charge on any atom is 0.244 e. The first-order valence-corrected chi connectivity index (χ1v) is 14.1. The standard InChI is InChI=1S/C27H29Cl2N3O4S/c1-19-9-11-21(12-10-19)17-31(25(27(34)30-2)15-20-7-5-4-6-8-20)26(33)18-32(37(3,35)36)24-16-22(28)13-14-23(24)29/h4-14,16,25H,15,17-18H2,1-3H3,(H,30,34)/t25-/m1/s1. The highest BCUT2D eigenvalue weighted by molar-refractivity contribution is 7.92. The van der Waals surface area contributed by atoms with Crippen LogP contribution >= 0.6 is 23.2 Å². The molecular formula is C27H29Cl2N3O4S. The van der Waals surface area contributed by atoms with Crippen molar-refractivity contribution in [3.8, 4) is 0 Å². The Morgan fingerprint density at radius 1 is 0.946 bits per heavy atom. The van der Waals surface area contributed by atoms with Crippen molar-refractivity contribution in [1.82, 2.24) is 10.2 Å². The Balaban J connectivity index is 2.04. The number of carbonyl (C=O) groups is 2. The fourth-order valence-corrected chi connectivity index (χ4v) is 5.17.